The van der Waals surface area contributed by atoms with E-state index in [1.54, 1.807) is 11.9 Å². The van der Waals surface area contributed by atoms with Gasteiger partial charge in [0.2, 0.25) is 0 Å². The number of aliphatic hydroxyl groups excluding tert-OH is 1. The summed E-state index contributed by atoms with van der Waals surface area (Å²) in [5.74, 6) is 0.535. The molecule has 1 saturated heterocycles. The fraction of sp³-hybridized carbons (Fsp3) is 1.00. The van der Waals surface area contributed by atoms with Gasteiger partial charge in [0.15, 0.2) is 0 Å². The minimum absolute atomic E-state index is 0.352. The van der Waals surface area contributed by atoms with Gasteiger partial charge in [-0.1, -0.05) is 25.8 Å². The molecule has 0 spiro atoms. The van der Waals surface area contributed by atoms with Crippen LogP contribution in [-0.4, -0.2) is 72.6 Å². The highest BCUT2D eigenvalue weighted by atomic mass is 32.2. The van der Waals surface area contributed by atoms with E-state index in [0.717, 1.165) is 39.3 Å². The maximum Gasteiger partial charge on any atom is 0.0900 e. The third-order valence-electron chi connectivity index (χ3n) is 2.82. The molecule has 0 saturated carbocycles. The van der Waals surface area contributed by atoms with Crippen molar-refractivity contribution in [1.29, 1.82) is 0 Å². The van der Waals surface area contributed by atoms with Crippen molar-refractivity contribution >= 4 is 11.9 Å². The quantitative estimate of drug-likeness (QED) is 0.690. The number of hydrogen-bond acceptors (Lipinski definition) is 5. The topological polar surface area (TPSA) is 35.9 Å². The van der Waals surface area contributed by atoms with Crippen molar-refractivity contribution in [2.45, 2.75) is 20.0 Å². The Hall–Kier alpha value is 0.190. The smallest absolute Gasteiger partial charge is 0.0900 e. The van der Waals surface area contributed by atoms with E-state index in [9.17, 15) is 5.11 Å². The van der Waals surface area contributed by atoms with Crippen molar-refractivity contribution in [1.82, 2.24) is 9.21 Å². The molecule has 0 aliphatic carbocycles. The minimum Gasteiger partial charge on any atom is -0.389 e. The lowest BCUT2D eigenvalue weighted by Crippen LogP contribution is -2.46. The molecule has 0 aromatic heterocycles. The van der Waals surface area contributed by atoms with Crippen LogP contribution >= 0.6 is 11.9 Å². The van der Waals surface area contributed by atoms with E-state index in [0.29, 0.717) is 12.5 Å². The predicted molar refractivity (Wildman–Crippen MR) is 73.2 cm³/mol. The molecule has 1 atom stereocenters. The number of hydrogen-bond donors (Lipinski definition) is 1. The predicted octanol–water partition coefficient (Wildman–Crippen LogP) is 0.915. The summed E-state index contributed by atoms with van der Waals surface area (Å²) in [6, 6.07) is 0. The van der Waals surface area contributed by atoms with Gasteiger partial charge < -0.3 is 9.84 Å². The SMILES string of the molecule is CSN1CCN(C[C@@H](O)COCC(C)C)CC1. The first-order chi connectivity index (χ1) is 8.11. The molecule has 0 bridgehead atoms. The lowest BCUT2D eigenvalue weighted by molar-refractivity contribution is 0.00424. The first-order valence-electron chi connectivity index (χ1n) is 6.39. The number of nitrogens with zero attached hydrogens (tertiary/aromatic N) is 2. The maximum absolute atomic E-state index is 9.85. The highest BCUT2D eigenvalue weighted by Gasteiger charge is 2.18. The monoisotopic (exact) mass is 262 g/mol. The minimum atomic E-state index is -0.352. The zero-order valence-corrected chi connectivity index (χ0v) is 12.1. The molecule has 0 amide bonds. The number of ether oxygens (including phenoxy) is 1. The molecule has 1 rings (SSSR count). The van der Waals surface area contributed by atoms with Crippen LogP contribution in [-0.2, 0) is 4.74 Å². The average Bonchev–Trinajstić information content (AvgIpc) is 2.29. The molecular weight excluding hydrogens is 236 g/mol. The Morgan fingerprint density at radius 3 is 2.35 bits per heavy atom. The van der Waals surface area contributed by atoms with Crippen LogP contribution in [0.15, 0.2) is 0 Å². The Labute approximate surface area is 109 Å². The molecule has 0 unspecified atom stereocenters. The van der Waals surface area contributed by atoms with Gasteiger partial charge in [-0.25, -0.2) is 4.31 Å². The van der Waals surface area contributed by atoms with E-state index in [1.165, 1.54) is 0 Å². The molecule has 17 heavy (non-hydrogen) atoms. The van der Waals surface area contributed by atoms with Gasteiger partial charge in [-0.3, -0.25) is 4.90 Å². The summed E-state index contributed by atoms with van der Waals surface area (Å²) in [5, 5.41) is 9.85. The molecule has 0 aromatic rings. The van der Waals surface area contributed by atoms with Crippen molar-refractivity contribution in [3.63, 3.8) is 0 Å². The third kappa shape index (κ3) is 6.62. The van der Waals surface area contributed by atoms with Crippen LogP contribution in [0, 0.1) is 5.92 Å². The zero-order chi connectivity index (χ0) is 12.7. The molecule has 4 nitrogen and oxygen atoms in total. The van der Waals surface area contributed by atoms with Crippen LogP contribution in [0.3, 0.4) is 0 Å². The lowest BCUT2D eigenvalue weighted by atomic mass is 10.2. The molecule has 102 valence electrons. The highest BCUT2D eigenvalue weighted by Crippen LogP contribution is 2.10. The largest absolute Gasteiger partial charge is 0.389 e. The van der Waals surface area contributed by atoms with Gasteiger partial charge in [-0.15, -0.1) is 0 Å². The van der Waals surface area contributed by atoms with Crippen molar-refractivity contribution < 1.29 is 9.84 Å². The van der Waals surface area contributed by atoms with Crippen molar-refractivity contribution in [3.05, 3.63) is 0 Å². The fourth-order valence-corrected chi connectivity index (χ4v) is 2.41. The van der Waals surface area contributed by atoms with Crippen LogP contribution in [0.5, 0.6) is 0 Å². The second-order valence-electron chi connectivity index (χ2n) is 5.00. The first kappa shape index (κ1) is 15.2. The normalized spacial score (nSPS) is 21.0. The van der Waals surface area contributed by atoms with Crippen molar-refractivity contribution in [2.75, 3.05) is 52.2 Å². The summed E-state index contributed by atoms with van der Waals surface area (Å²) >= 11 is 1.80. The Kier molecular flexibility index (Phi) is 7.46. The van der Waals surface area contributed by atoms with Crippen LogP contribution in [0.25, 0.3) is 0 Å². The van der Waals surface area contributed by atoms with Gasteiger partial charge >= 0.3 is 0 Å². The number of aliphatic hydroxyl groups is 1. The Balaban J connectivity index is 2.08. The van der Waals surface area contributed by atoms with Crippen molar-refractivity contribution in [3.8, 4) is 0 Å². The summed E-state index contributed by atoms with van der Waals surface area (Å²) in [5.41, 5.74) is 0. The van der Waals surface area contributed by atoms with E-state index >= 15 is 0 Å². The Bertz CT molecular complexity index is 197. The molecule has 1 fully saturated rings. The van der Waals surface area contributed by atoms with E-state index < -0.39 is 0 Å². The van der Waals surface area contributed by atoms with E-state index in [-0.39, 0.29) is 6.10 Å². The summed E-state index contributed by atoms with van der Waals surface area (Å²) in [4.78, 5) is 2.32. The first-order valence-corrected chi connectivity index (χ1v) is 7.57. The van der Waals surface area contributed by atoms with Crippen LogP contribution < -0.4 is 0 Å². The van der Waals surface area contributed by atoms with Gasteiger partial charge in [0, 0.05) is 39.3 Å². The molecule has 0 aromatic carbocycles. The number of piperazine rings is 1. The van der Waals surface area contributed by atoms with Crippen LogP contribution in [0.1, 0.15) is 13.8 Å². The second-order valence-corrected chi connectivity index (χ2v) is 5.88. The Morgan fingerprint density at radius 1 is 1.18 bits per heavy atom. The van der Waals surface area contributed by atoms with Crippen LogP contribution in [0.4, 0.5) is 0 Å². The summed E-state index contributed by atoms with van der Waals surface area (Å²) < 4.78 is 7.81. The molecular formula is C12H26N2O2S. The maximum atomic E-state index is 9.85. The van der Waals surface area contributed by atoms with Gasteiger partial charge in [0.1, 0.15) is 0 Å². The summed E-state index contributed by atoms with van der Waals surface area (Å²) in [7, 11) is 0. The standard InChI is InChI=1S/C12H26N2O2S/c1-11(2)9-16-10-12(15)8-13-4-6-14(17-3)7-5-13/h11-12,15H,4-10H2,1-3H3/t12-/m1/s1. The Morgan fingerprint density at radius 2 is 1.82 bits per heavy atom. The highest BCUT2D eigenvalue weighted by molar-refractivity contribution is 7.96. The lowest BCUT2D eigenvalue weighted by Gasteiger charge is -2.34. The molecule has 1 N–H and O–H groups in total. The van der Waals surface area contributed by atoms with Gasteiger partial charge in [-0.05, 0) is 12.2 Å². The molecule has 0 radical (unpaired) electrons. The molecule has 1 aliphatic heterocycles. The van der Waals surface area contributed by atoms with E-state index in [4.69, 9.17) is 4.74 Å². The summed E-state index contributed by atoms with van der Waals surface area (Å²) in [6.07, 6.45) is 1.76. The number of rotatable bonds is 7. The fourth-order valence-electron chi connectivity index (χ4n) is 1.89. The molecule has 5 heteroatoms. The molecule has 1 aliphatic rings. The van der Waals surface area contributed by atoms with E-state index in [1.807, 2.05) is 0 Å². The third-order valence-corrected chi connectivity index (χ3v) is 3.70. The zero-order valence-electron chi connectivity index (χ0n) is 11.3. The molecule has 1 heterocycles. The average molecular weight is 262 g/mol. The van der Waals surface area contributed by atoms with Crippen molar-refractivity contribution in [2.24, 2.45) is 5.92 Å². The van der Waals surface area contributed by atoms with Gasteiger partial charge in [0.25, 0.3) is 0 Å². The van der Waals surface area contributed by atoms with Gasteiger partial charge in [-0.2, -0.15) is 0 Å². The van der Waals surface area contributed by atoms with Gasteiger partial charge in [0.05, 0.1) is 12.7 Å². The van der Waals surface area contributed by atoms with E-state index in [2.05, 4.69) is 29.3 Å². The summed E-state index contributed by atoms with van der Waals surface area (Å²) in [6.45, 7) is 10.4. The second kappa shape index (κ2) is 8.32. The van der Waals surface area contributed by atoms with Crippen LogP contribution in [0.2, 0.25) is 0 Å². The number of β-amino-alcohol motifs (C(OH)–C–C–N with tert-alkyl or cyclic N) is 1.